The Morgan fingerprint density at radius 1 is 0.750 bits per heavy atom. The number of hydrogen-bond donors (Lipinski definition) is 0. The van der Waals surface area contributed by atoms with Gasteiger partial charge in [-0.15, -0.1) is 0 Å². The third kappa shape index (κ3) is 3.39. The second-order valence-electron chi connectivity index (χ2n) is 7.18. The van der Waals surface area contributed by atoms with E-state index in [-0.39, 0.29) is 0 Å². The Hall–Kier alpha value is -0.490. The summed E-state index contributed by atoms with van der Waals surface area (Å²) in [6, 6.07) is 8.56. The van der Waals surface area contributed by atoms with Crippen molar-refractivity contribution < 1.29 is 0 Å². The van der Waals surface area contributed by atoms with E-state index in [1.807, 2.05) is 12.1 Å². The van der Waals surface area contributed by atoms with E-state index in [4.69, 9.17) is 11.6 Å². The van der Waals surface area contributed by atoms with Crippen LogP contribution in [0.3, 0.4) is 0 Å². The molecule has 0 atom stereocenters. The normalized spacial score (nSPS) is 34.9. The first-order valence-corrected chi connectivity index (χ1v) is 8.85. The molecule has 0 amide bonds. The van der Waals surface area contributed by atoms with E-state index in [0.29, 0.717) is 0 Å². The van der Waals surface area contributed by atoms with Crippen LogP contribution in [0.25, 0.3) is 0 Å². The van der Waals surface area contributed by atoms with E-state index < -0.39 is 0 Å². The molecule has 0 spiro atoms. The topological polar surface area (TPSA) is 0 Å². The van der Waals surface area contributed by atoms with Crippen molar-refractivity contribution in [1.29, 1.82) is 0 Å². The molecule has 20 heavy (non-hydrogen) atoms. The van der Waals surface area contributed by atoms with Crippen molar-refractivity contribution in [2.45, 2.75) is 64.2 Å². The van der Waals surface area contributed by atoms with Crippen LogP contribution in [0.4, 0.5) is 0 Å². The van der Waals surface area contributed by atoms with Gasteiger partial charge in [-0.2, -0.15) is 0 Å². The number of hydrogen-bond acceptors (Lipinski definition) is 0. The van der Waals surface area contributed by atoms with Gasteiger partial charge in [0, 0.05) is 5.02 Å². The van der Waals surface area contributed by atoms with Gasteiger partial charge >= 0.3 is 0 Å². The summed E-state index contributed by atoms with van der Waals surface area (Å²) >= 11 is 5.99. The lowest BCUT2D eigenvalue weighted by Gasteiger charge is -2.37. The summed E-state index contributed by atoms with van der Waals surface area (Å²) in [4.78, 5) is 0. The average molecular weight is 291 g/mol. The maximum absolute atomic E-state index is 5.99. The monoisotopic (exact) mass is 290 g/mol. The van der Waals surface area contributed by atoms with Gasteiger partial charge in [-0.05, 0) is 79.9 Å². The number of halogens is 1. The quantitative estimate of drug-likeness (QED) is 0.588. The molecule has 0 nitrogen and oxygen atoms in total. The van der Waals surface area contributed by atoms with Crippen LogP contribution in [0.2, 0.25) is 5.02 Å². The fourth-order valence-corrected chi connectivity index (χ4v) is 4.54. The molecule has 0 aromatic heterocycles. The van der Waals surface area contributed by atoms with Crippen molar-refractivity contribution in [2.75, 3.05) is 0 Å². The first kappa shape index (κ1) is 14.4. The Bertz CT molecular complexity index is 406. The summed E-state index contributed by atoms with van der Waals surface area (Å²) in [5, 5.41) is 0.860. The van der Waals surface area contributed by atoms with Gasteiger partial charge < -0.3 is 0 Å². The molecule has 2 fully saturated rings. The van der Waals surface area contributed by atoms with Crippen LogP contribution >= 0.6 is 11.6 Å². The van der Waals surface area contributed by atoms with Crippen molar-refractivity contribution in [1.82, 2.24) is 0 Å². The Morgan fingerprint density at radius 2 is 1.25 bits per heavy atom. The highest BCUT2D eigenvalue weighted by Gasteiger charge is 2.30. The summed E-state index contributed by atoms with van der Waals surface area (Å²) < 4.78 is 0. The standard InChI is InChI=1S/C19H27Cl/c1-14-2-4-15(5-3-14)16-6-8-17(9-7-16)18-10-12-19(20)13-11-18/h10-17H,2-9H2,1H3. The Kier molecular flexibility index (Phi) is 4.71. The molecule has 0 heterocycles. The summed E-state index contributed by atoms with van der Waals surface area (Å²) in [5.41, 5.74) is 1.50. The smallest absolute Gasteiger partial charge is 0.0406 e. The summed E-state index contributed by atoms with van der Waals surface area (Å²) in [6.07, 6.45) is 11.6. The van der Waals surface area contributed by atoms with Gasteiger partial charge in [0.25, 0.3) is 0 Å². The largest absolute Gasteiger partial charge is 0.0843 e. The van der Waals surface area contributed by atoms with Gasteiger partial charge in [-0.3, -0.25) is 0 Å². The van der Waals surface area contributed by atoms with Gasteiger partial charge in [0.15, 0.2) is 0 Å². The summed E-state index contributed by atoms with van der Waals surface area (Å²) in [7, 11) is 0. The minimum Gasteiger partial charge on any atom is -0.0843 e. The second kappa shape index (κ2) is 6.52. The van der Waals surface area contributed by atoms with E-state index in [9.17, 15) is 0 Å². The SMILES string of the molecule is CC1CCC(C2CCC(c3ccc(Cl)cc3)CC2)CC1. The highest BCUT2D eigenvalue weighted by atomic mass is 35.5. The van der Waals surface area contributed by atoms with Crippen molar-refractivity contribution in [3.63, 3.8) is 0 Å². The minimum absolute atomic E-state index is 0.783. The van der Waals surface area contributed by atoms with Crippen LogP contribution in [0, 0.1) is 17.8 Å². The van der Waals surface area contributed by atoms with Crippen LogP contribution in [0.15, 0.2) is 24.3 Å². The van der Waals surface area contributed by atoms with E-state index in [2.05, 4.69) is 19.1 Å². The van der Waals surface area contributed by atoms with Crippen LogP contribution in [-0.4, -0.2) is 0 Å². The molecule has 110 valence electrons. The van der Waals surface area contributed by atoms with Gasteiger partial charge in [0.2, 0.25) is 0 Å². The van der Waals surface area contributed by atoms with Crippen molar-refractivity contribution in [3.05, 3.63) is 34.9 Å². The summed E-state index contributed by atoms with van der Waals surface area (Å²) in [5.74, 6) is 3.83. The Labute approximate surface area is 128 Å². The molecule has 0 aliphatic heterocycles. The zero-order valence-electron chi connectivity index (χ0n) is 12.7. The lowest BCUT2D eigenvalue weighted by molar-refractivity contribution is 0.165. The molecule has 0 radical (unpaired) electrons. The highest BCUT2D eigenvalue weighted by Crippen LogP contribution is 2.43. The third-order valence-corrected chi connectivity index (χ3v) is 6.09. The van der Waals surface area contributed by atoms with E-state index in [1.165, 1.54) is 56.9 Å². The molecule has 2 saturated carbocycles. The molecule has 1 aromatic rings. The second-order valence-corrected chi connectivity index (χ2v) is 7.62. The van der Waals surface area contributed by atoms with Crippen LogP contribution in [0.1, 0.15) is 69.8 Å². The maximum Gasteiger partial charge on any atom is 0.0406 e. The van der Waals surface area contributed by atoms with Gasteiger partial charge in [-0.25, -0.2) is 0 Å². The van der Waals surface area contributed by atoms with E-state index in [0.717, 1.165) is 28.7 Å². The molecule has 0 saturated heterocycles. The molecule has 1 heteroatoms. The van der Waals surface area contributed by atoms with E-state index in [1.54, 1.807) is 0 Å². The number of benzene rings is 1. The van der Waals surface area contributed by atoms with Crippen LogP contribution in [0.5, 0.6) is 0 Å². The molecule has 2 aliphatic rings. The minimum atomic E-state index is 0.783. The highest BCUT2D eigenvalue weighted by molar-refractivity contribution is 6.30. The van der Waals surface area contributed by atoms with Crippen LogP contribution in [-0.2, 0) is 0 Å². The molecule has 0 N–H and O–H groups in total. The Morgan fingerprint density at radius 3 is 1.80 bits per heavy atom. The van der Waals surface area contributed by atoms with Crippen LogP contribution < -0.4 is 0 Å². The molecular formula is C19H27Cl. The van der Waals surface area contributed by atoms with Crippen molar-refractivity contribution in [3.8, 4) is 0 Å². The third-order valence-electron chi connectivity index (χ3n) is 5.84. The number of rotatable bonds is 2. The fraction of sp³-hybridized carbons (Fsp3) is 0.684. The molecular weight excluding hydrogens is 264 g/mol. The molecule has 2 aliphatic carbocycles. The lowest BCUT2D eigenvalue weighted by Crippen LogP contribution is -2.24. The van der Waals surface area contributed by atoms with Gasteiger partial charge in [0.1, 0.15) is 0 Å². The lowest BCUT2D eigenvalue weighted by atomic mass is 9.68. The molecule has 0 unspecified atom stereocenters. The molecule has 0 bridgehead atoms. The fourth-order valence-electron chi connectivity index (χ4n) is 4.42. The molecule has 3 rings (SSSR count). The van der Waals surface area contributed by atoms with Gasteiger partial charge in [-0.1, -0.05) is 43.5 Å². The first-order valence-electron chi connectivity index (χ1n) is 8.48. The van der Waals surface area contributed by atoms with Crippen molar-refractivity contribution >= 4 is 11.6 Å². The zero-order valence-corrected chi connectivity index (χ0v) is 13.4. The average Bonchev–Trinajstić information content (AvgIpc) is 2.49. The summed E-state index contributed by atoms with van der Waals surface area (Å²) in [6.45, 7) is 2.42. The molecule has 1 aromatic carbocycles. The predicted octanol–water partition coefficient (Wildman–Crippen LogP) is 6.44. The van der Waals surface area contributed by atoms with Gasteiger partial charge in [0.05, 0.1) is 0 Å². The zero-order chi connectivity index (χ0) is 13.9. The Balaban J connectivity index is 1.53. The van der Waals surface area contributed by atoms with Crippen molar-refractivity contribution in [2.24, 2.45) is 17.8 Å². The van der Waals surface area contributed by atoms with E-state index >= 15 is 0 Å². The predicted molar refractivity (Wildman–Crippen MR) is 87.3 cm³/mol. The maximum atomic E-state index is 5.99. The first-order chi connectivity index (χ1) is 9.72.